The van der Waals surface area contributed by atoms with E-state index < -0.39 is 0 Å². The molecular weight excluding hydrogens is 318 g/mol. The van der Waals surface area contributed by atoms with Gasteiger partial charge in [0.15, 0.2) is 0 Å². The molecule has 134 valence electrons. The van der Waals surface area contributed by atoms with Gasteiger partial charge < -0.3 is 19.9 Å². The molecule has 3 aliphatic heterocycles. The number of hydrogen-bond acceptors (Lipinski definition) is 3. The number of nitrogens with one attached hydrogen (secondary N) is 1. The normalized spacial score (nSPS) is 27.4. The lowest BCUT2D eigenvalue weighted by atomic mass is 9.78. The summed E-state index contributed by atoms with van der Waals surface area (Å²) < 4.78 is 5.54. The van der Waals surface area contributed by atoms with Gasteiger partial charge in [0.2, 0.25) is 5.91 Å². The van der Waals surface area contributed by atoms with Crippen LogP contribution in [0.5, 0.6) is 5.75 Å². The lowest BCUT2D eigenvalue weighted by Crippen LogP contribution is -2.68. The fraction of sp³-hybridized carbons (Fsp3) is 0.579. The van der Waals surface area contributed by atoms with E-state index in [0.29, 0.717) is 13.1 Å². The second-order valence-electron chi connectivity index (χ2n) is 7.01. The fourth-order valence-corrected chi connectivity index (χ4v) is 4.83. The summed E-state index contributed by atoms with van der Waals surface area (Å²) >= 11 is 0. The van der Waals surface area contributed by atoms with Crippen LogP contribution in [-0.2, 0) is 11.2 Å². The van der Waals surface area contributed by atoms with Crippen molar-refractivity contribution in [3.05, 3.63) is 29.3 Å². The van der Waals surface area contributed by atoms with Gasteiger partial charge in [-0.15, -0.1) is 0 Å². The molecule has 0 spiro atoms. The molecule has 2 saturated heterocycles. The van der Waals surface area contributed by atoms with Crippen molar-refractivity contribution >= 4 is 11.9 Å². The van der Waals surface area contributed by atoms with Crippen molar-refractivity contribution in [2.75, 3.05) is 20.2 Å². The quantitative estimate of drug-likeness (QED) is 0.894. The van der Waals surface area contributed by atoms with Crippen LogP contribution in [0.4, 0.5) is 4.79 Å². The Labute approximate surface area is 148 Å². The number of amides is 3. The Hall–Kier alpha value is -2.24. The van der Waals surface area contributed by atoms with Gasteiger partial charge in [0.1, 0.15) is 11.8 Å². The maximum Gasteiger partial charge on any atom is 0.318 e. The molecule has 1 aromatic carbocycles. The average molecular weight is 343 g/mol. The molecule has 2 bridgehead atoms. The number of carbonyl (C=O) groups is 2. The topological polar surface area (TPSA) is 61.9 Å². The molecule has 1 aromatic rings. The van der Waals surface area contributed by atoms with Gasteiger partial charge in [-0.05, 0) is 44.2 Å². The van der Waals surface area contributed by atoms with Gasteiger partial charge in [-0.3, -0.25) is 4.79 Å². The smallest absolute Gasteiger partial charge is 0.318 e. The van der Waals surface area contributed by atoms with Gasteiger partial charge in [-0.25, -0.2) is 4.79 Å². The van der Waals surface area contributed by atoms with E-state index >= 15 is 0 Å². The van der Waals surface area contributed by atoms with Gasteiger partial charge >= 0.3 is 6.03 Å². The zero-order chi connectivity index (χ0) is 17.6. The highest BCUT2D eigenvalue weighted by molar-refractivity contribution is 5.90. The molecule has 0 radical (unpaired) electrons. The number of piperazine rings is 1. The van der Waals surface area contributed by atoms with Crippen molar-refractivity contribution in [3.63, 3.8) is 0 Å². The Morgan fingerprint density at radius 1 is 1.36 bits per heavy atom. The molecular formula is C19H25N3O3. The molecule has 3 unspecified atom stereocenters. The highest BCUT2D eigenvalue weighted by Crippen LogP contribution is 2.45. The number of urea groups is 1. The Kier molecular flexibility index (Phi) is 4.06. The van der Waals surface area contributed by atoms with Crippen molar-refractivity contribution < 1.29 is 14.3 Å². The molecule has 25 heavy (non-hydrogen) atoms. The first-order valence-electron chi connectivity index (χ1n) is 9.19. The molecule has 3 amide bonds. The van der Waals surface area contributed by atoms with Crippen LogP contribution >= 0.6 is 0 Å². The molecule has 3 atom stereocenters. The Morgan fingerprint density at radius 3 is 2.96 bits per heavy atom. The molecule has 3 heterocycles. The van der Waals surface area contributed by atoms with Crippen LogP contribution in [0.25, 0.3) is 0 Å². The first-order valence-corrected chi connectivity index (χ1v) is 9.19. The van der Waals surface area contributed by atoms with Crippen LogP contribution in [0, 0.1) is 0 Å². The Balaban J connectivity index is 1.79. The minimum Gasteiger partial charge on any atom is -0.496 e. The second kappa shape index (κ2) is 6.24. The largest absolute Gasteiger partial charge is 0.496 e. The number of ether oxygens (including phenoxy) is 1. The van der Waals surface area contributed by atoms with Gasteiger partial charge in [0.25, 0.3) is 0 Å². The van der Waals surface area contributed by atoms with E-state index in [1.54, 1.807) is 7.11 Å². The molecule has 6 heteroatoms. The molecule has 0 aliphatic carbocycles. The Morgan fingerprint density at radius 2 is 2.20 bits per heavy atom. The van der Waals surface area contributed by atoms with Crippen LogP contribution in [-0.4, -0.2) is 54.0 Å². The molecule has 6 nitrogen and oxygen atoms in total. The third kappa shape index (κ3) is 2.38. The number of nitrogens with zero attached hydrogens (tertiary/aromatic N) is 2. The highest BCUT2D eigenvalue weighted by Gasteiger charge is 2.52. The summed E-state index contributed by atoms with van der Waals surface area (Å²) in [5, 5.41) is 2.90. The SMILES string of the molecule is CCNC(=O)N1C2CCCC1C1c3cccc(OC)c3CCN1C2=O. The predicted molar refractivity (Wildman–Crippen MR) is 93.5 cm³/mol. The number of fused-ring (bicyclic) bond motifs is 6. The summed E-state index contributed by atoms with van der Waals surface area (Å²) in [4.78, 5) is 29.6. The van der Waals surface area contributed by atoms with E-state index in [1.165, 1.54) is 5.56 Å². The van der Waals surface area contributed by atoms with Crippen LogP contribution in [0.2, 0.25) is 0 Å². The summed E-state index contributed by atoms with van der Waals surface area (Å²) in [7, 11) is 1.69. The van der Waals surface area contributed by atoms with Gasteiger partial charge in [-0.1, -0.05) is 12.1 Å². The zero-order valence-electron chi connectivity index (χ0n) is 14.8. The van der Waals surface area contributed by atoms with E-state index in [2.05, 4.69) is 11.4 Å². The van der Waals surface area contributed by atoms with Crippen LogP contribution < -0.4 is 10.1 Å². The minimum absolute atomic E-state index is 0.0363. The molecule has 0 aromatic heterocycles. The Bertz CT molecular complexity index is 705. The van der Waals surface area contributed by atoms with Gasteiger partial charge in [0.05, 0.1) is 19.2 Å². The number of benzene rings is 1. The monoisotopic (exact) mass is 343 g/mol. The first kappa shape index (κ1) is 16.2. The summed E-state index contributed by atoms with van der Waals surface area (Å²) in [6.07, 6.45) is 3.49. The van der Waals surface area contributed by atoms with E-state index in [-0.39, 0.29) is 30.1 Å². The molecule has 0 saturated carbocycles. The van der Waals surface area contributed by atoms with E-state index in [4.69, 9.17) is 4.74 Å². The molecule has 1 N–H and O–H groups in total. The number of hydrogen-bond donors (Lipinski definition) is 1. The zero-order valence-corrected chi connectivity index (χ0v) is 14.8. The van der Waals surface area contributed by atoms with Crippen molar-refractivity contribution in [2.24, 2.45) is 0 Å². The van der Waals surface area contributed by atoms with E-state index in [1.807, 2.05) is 28.9 Å². The number of methoxy groups -OCH3 is 1. The molecule has 4 rings (SSSR count). The van der Waals surface area contributed by atoms with Crippen molar-refractivity contribution in [2.45, 2.75) is 50.7 Å². The fourth-order valence-electron chi connectivity index (χ4n) is 4.83. The van der Waals surface area contributed by atoms with Crippen molar-refractivity contribution in [1.82, 2.24) is 15.1 Å². The summed E-state index contributed by atoms with van der Waals surface area (Å²) in [6.45, 7) is 3.18. The van der Waals surface area contributed by atoms with Crippen molar-refractivity contribution in [1.29, 1.82) is 0 Å². The predicted octanol–water partition coefficient (Wildman–Crippen LogP) is 2.09. The highest BCUT2D eigenvalue weighted by atomic mass is 16.5. The maximum atomic E-state index is 13.1. The lowest BCUT2D eigenvalue weighted by molar-refractivity contribution is -0.152. The number of piperidine rings is 1. The van der Waals surface area contributed by atoms with Crippen LogP contribution in [0.3, 0.4) is 0 Å². The van der Waals surface area contributed by atoms with Crippen molar-refractivity contribution in [3.8, 4) is 5.75 Å². The van der Waals surface area contributed by atoms with Crippen LogP contribution in [0.1, 0.15) is 43.4 Å². The third-order valence-electron chi connectivity index (χ3n) is 5.81. The van der Waals surface area contributed by atoms with Gasteiger partial charge in [-0.2, -0.15) is 0 Å². The lowest BCUT2D eigenvalue weighted by Gasteiger charge is -2.55. The summed E-state index contributed by atoms with van der Waals surface area (Å²) in [6, 6.07) is 5.60. The molecule has 3 aliphatic rings. The standard InChI is InChI=1S/C19H25N3O3/c1-3-20-19(24)22-14-7-5-8-15(22)18(23)21-11-10-12-13(17(14)21)6-4-9-16(12)25-2/h4,6,9,14-15,17H,3,5,7-8,10-11H2,1-2H3,(H,20,24). The molecule has 2 fully saturated rings. The number of rotatable bonds is 2. The summed E-state index contributed by atoms with van der Waals surface area (Å²) in [5.74, 6) is 0.979. The summed E-state index contributed by atoms with van der Waals surface area (Å²) in [5.41, 5.74) is 2.32. The van der Waals surface area contributed by atoms with Crippen LogP contribution in [0.15, 0.2) is 18.2 Å². The number of carbonyl (C=O) groups excluding carboxylic acids is 2. The van der Waals surface area contributed by atoms with E-state index in [0.717, 1.165) is 37.0 Å². The minimum atomic E-state index is -0.311. The first-order chi connectivity index (χ1) is 12.2. The second-order valence-corrected chi connectivity index (χ2v) is 7.01. The van der Waals surface area contributed by atoms with E-state index in [9.17, 15) is 9.59 Å². The average Bonchev–Trinajstić information content (AvgIpc) is 2.64. The third-order valence-corrected chi connectivity index (χ3v) is 5.81. The van der Waals surface area contributed by atoms with Gasteiger partial charge in [0, 0.05) is 18.7 Å². The maximum absolute atomic E-state index is 13.1.